The molecule has 0 aliphatic heterocycles. The highest BCUT2D eigenvalue weighted by Gasteiger charge is 2.75. The summed E-state index contributed by atoms with van der Waals surface area (Å²) in [6.07, 6.45) is 5.20. The molecule has 0 atom stereocenters. The summed E-state index contributed by atoms with van der Waals surface area (Å²) in [5.41, 5.74) is 7.67. The highest BCUT2D eigenvalue weighted by molar-refractivity contribution is 5.24. The Hall–Kier alpha value is -0.0400. The Morgan fingerprint density at radius 1 is 0.923 bits per heavy atom. The summed E-state index contributed by atoms with van der Waals surface area (Å²) < 4.78 is 0. The third kappa shape index (κ3) is 0.869. The van der Waals surface area contributed by atoms with Gasteiger partial charge in [0.05, 0.1) is 0 Å². The number of hydrogen-bond acceptors (Lipinski definition) is 1. The molecule has 1 nitrogen and oxygen atoms in total. The van der Waals surface area contributed by atoms with Crippen LogP contribution >= 0.6 is 0 Å². The molecule has 0 aromatic carbocycles. The highest BCUT2D eigenvalue weighted by Crippen LogP contribution is 2.82. The summed E-state index contributed by atoms with van der Waals surface area (Å²) in [5, 5.41) is 0. The Bertz CT molecular complexity index is 203. The maximum atomic E-state index is 5.96. The third-order valence-corrected chi connectivity index (χ3v) is 5.78. The maximum absolute atomic E-state index is 5.96. The zero-order valence-electron chi connectivity index (χ0n) is 9.48. The van der Waals surface area contributed by atoms with Crippen molar-refractivity contribution in [2.45, 2.75) is 59.4 Å². The fourth-order valence-corrected chi connectivity index (χ4v) is 3.93. The van der Waals surface area contributed by atoms with Crippen molar-refractivity contribution in [3.63, 3.8) is 0 Å². The van der Waals surface area contributed by atoms with E-state index in [-0.39, 0.29) is 0 Å². The van der Waals surface area contributed by atoms with Gasteiger partial charge in [0, 0.05) is 6.04 Å². The molecule has 1 spiro atoms. The predicted molar refractivity (Wildman–Crippen MR) is 56.4 cm³/mol. The molecule has 0 radical (unpaired) electrons. The molecule has 0 aromatic rings. The molecule has 2 rings (SSSR count). The van der Waals surface area contributed by atoms with E-state index in [9.17, 15) is 0 Å². The van der Waals surface area contributed by atoms with Gasteiger partial charge in [-0.3, -0.25) is 0 Å². The minimum Gasteiger partial charge on any atom is -0.328 e. The van der Waals surface area contributed by atoms with E-state index in [1.165, 1.54) is 25.7 Å². The van der Waals surface area contributed by atoms with Gasteiger partial charge in [-0.05, 0) is 41.9 Å². The maximum Gasteiger partial charge on any atom is 0.00392 e. The SMILES string of the molecule is CC1(C)C(C)(C)C12CCC(N)CC2. The third-order valence-electron chi connectivity index (χ3n) is 5.78. The van der Waals surface area contributed by atoms with Crippen LogP contribution in [0.2, 0.25) is 0 Å². The van der Waals surface area contributed by atoms with Crippen LogP contribution in [0, 0.1) is 16.2 Å². The number of hydrogen-bond donors (Lipinski definition) is 1. The second-order valence-corrected chi connectivity index (χ2v) is 6.17. The second-order valence-electron chi connectivity index (χ2n) is 6.17. The fourth-order valence-electron chi connectivity index (χ4n) is 3.93. The Morgan fingerprint density at radius 2 is 1.31 bits per heavy atom. The molecule has 0 bridgehead atoms. The quantitative estimate of drug-likeness (QED) is 0.611. The van der Waals surface area contributed by atoms with Crippen molar-refractivity contribution >= 4 is 0 Å². The van der Waals surface area contributed by atoms with Gasteiger partial charge in [-0.15, -0.1) is 0 Å². The molecule has 0 saturated heterocycles. The molecule has 0 unspecified atom stereocenters. The van der Waals surface area contributed by atoms with Crippen molar-refractivity contribution in [1.82, 2.24) is 0 Å². The van der Waals surface area contributed by atoms with E-state index >= 15 is 0 Å². The van der Waals surface area contributed by atoms with E-state index < -0.39 is 0 Å². The van der Waals surface area contributed by atoms with Crippen molar-refractivity contribution in [2.24, 2.45) is 22.0 Å². The zero-order valence-corrected chi connectivity index (χ0v) is 9.48. The van der Waals surface area contributed by atoms with Crippen molar-refractivity contribution in [2.75, 3.05) is 0 Å². The predicted octanol–water partition coefficient (Wildman–Crippen LogP) is 2.94. The summed E-state index contributed by atoms with van der Waals surface area (Å²) in [7, 11) is 0. The Balaban J connectivity index is 2.18. The lowest BCUT2D eigenvalue weighted by molar-refractivity contribution is 0.231. The van der Waals surface area contributed by atoms with E-state index in [0.717, 1.165) is 0 Å². The Morgan fingerprint density at radius 3 is 1.62 bits per heavy atom. The van der Waals surface area contributed by atoms with Gasteiger partial charge in [0.15, 0.2) is 0 Å². The molecule has 2 fully saturated rings. The first-order chi connectivity index (χ1) is 5.85. The summed E-state index contributed by atoms with van der Waals surface area (Å²) in [6, 6.07) is 0.484. The van der Waals surface area contributed by atoms with Gasteiger partial charge in [-0.25, -0.2) is 0 Å². The summed E-state index contributed by atoms with van der Waals surface area (Å²) in [6.45, 7) is 9.74. The van der Waals surface area contributed by atoms with E-state index in [4.69, 9.17) is 5.73 Å². The molecule has 0 amide bonds. The van der Waals surface area contributed by atoms with Gasteiger partial charge in [0.2, 0.25) is 0 Å². The Kier molecular flexibility index (Phi) is 1.69. The molecule has 76 valence electrons. The molecule has 2 aliphatic carbocycles. The molecule has 13 heavy (non-hydrogen) atoms. The van der Waals surface area contributed by atoms with Gasteiger partial charge >= 0.3 is 0 Å². The molecule has 1 heteroatoms. The zero-order chi connectivity index (χ0) is 9.91. The lowest BCUT2D eigenvalue weighted by atomic mass is 9.77. The van der Waals surface area contributed by atoms with Gasteiger partial charge in [-0.2, -0.15) is 0 Å². The van der Waals surface area contributed by atoms with Crippen molar-refractivity contribution < 1.29 is 0 Å². The minimum atomic E-state index is 0.484. The largest absolute Gasteiger partial charge is 0.328 e. The molecule has 2 N–H and O–H groups in total. The van der Waals surface area contributed by atoms with Crippen LogP contribution in [0.5, 0.6) is 0 Å². The van der Waals surface area contributed by atoms with E-state index in [1.807, 2.05) is 0 Å². The normalized spacial score (nSPS) is 34.8. The second kappa shape index (κ2) is 2.31. The van der Waals surface area contributed by atoms with Gasteiger partial charge < -0.3 is 5.73 Å². The first kappa shape index (κ1) is 9.51. The van der Waals surface area contributed by atoms with Crippen LogP contribution in [0.4, 0.5) is 0 Å². The minimum absolute atomic E-state index is 0.484. The average molecular weight is 181 g/mol. The van der Waals surface area contributed by atoms with Crippen molar-refractivity contribution in [1.29, 1.82) is 0 Å². The Labute approximate surface area is 82.1 Å². The van der Waals surface area contributed by atoms with Crippen LogP contribution in [0.1, 0.15) is 53.4 Å². The van der Waals surface area contributed by atoms with Crippen LogP contribution in [0.15, 0.2) is 0 Å². The first-order valence-electron chi connectivity index (χ1n) is 5.61. The van der Waals surface area contributed by atoms with Crippen LogP contribution in [-0.2, 0) is 0 Å². The molecule has 0 heterocycles. The van der Waals surface area contributed by atoms with Crippen LogP contribution in [-0.4, -0.2) is 6.04 Å². The highest BCUT2D eigenvalue weighted by atomic mass is 14.8. The van der Waals surface area contributed by atoms with E-state index in [0.29, 0.717) is 22.3 Å². The number of nitrogens with two attached hydrogens (primary N) is 1. The van der Waals surface area contributed by atoms with Gasteiger partial charge in [0.25, 0.3) is 0 Å². The molecule has 0 aromatic heterocycles. The smallest absolute Gasteiger partial charge is 0.00392 e. The van der Waals surface area contributed by atoms with Crippen LogP contribution < -0.4 is 5.73 Å². The topological polar surface area (TPSA) is 26.0 Å². The molecular formula is C12H23N. The lowest BCUT2D eigenvalue weighted by Crippen LogP contribution is -2.30. The van der Waals surface area contributed by atoms with Crippen LogP contribution in [0.25, 0.3) is 0 Å². The summed E-state index contributed by atoms with van der Waals surface area (Å²) in [5.74, 6) is 0. The molecule has 2 saturated carbocycles. The van der Waals surface area contributed by atoms with E-state index in [1.54, 1.807) is 0 Å². The first-order valence-corrected chi connectivity index (χ1v) is 5.61. The fraction of sp³-hybridized carbons (Fsp3) is 1.00. The van der Waals surface area contributed by atoms with Gasteiger partial charge in [-0.1, -0.05) is 27.7 Å². The van der Waals surface area contributed by atoms with Crippen molar-refractivity contribution in [3.05, 3.63) is 0 Å². The van der Waals surface area contributed by atoms with Gasteiger partial charge in [0.1, 0.15) is 0 Å². The van der Waals surface area contributed by atoms with E-state index in [2.05, 4.69) is 27.7 Å². The molecular weight excluding hydrogens is 158 g/mol. The molecule has 2 aliphatic rings. The standard InChI is InChI=1S/C12H23N/c1-10(2)11(3,4)12(10)7-5-9(13)6-8-12/h9H,5-8,13H2,1-4H3. The lowest BCUT2D eigenvalue weighted by Gasteiger charge is -2.30. The number of rotatable bonds is 0. The monoisotopic (exact) mass is 181 g/mol. The average Bonchev–Trinajstić information content (AvgIpc) is 2.35. The summed E-state index contributed by atoms with van der Waals surface area (Å²) >= 11 is 0. The van der Waals surface area contributed by atoms with Crippen molar-refractivity contribution in [3.8, 4) is 0 Å². The van der Waals surface area contributed by atoms with Crippen LogP contribution in [0.3, 0.4) is 0 Å². The summed E-state index contributed by atoms with van der Waals surface area (Å²) in [4.78, 5) is 0.